The van der Waals surface area contributed by atoms with Crippen LogP contribution in [-0.4, -0.2) is 0 Å². The zero-order valence-corrected chi connectivity index (χ0v) is 26.7. The third-order valence-corrected chi connectivity index (χ3v) is 9.22. The number of benzene rings is 7. The largest absolute Gasteiger partial charge is 0.311 e. The summed E-state index contributed by atoms with van der Waals surface area (Å²) in [7, 11) is 0. The lowest BCUT2D eigenvalue weighted by Gasteiger charge is -2.28. The van der Waals surface area contributed by atoms with Gasteiger partial charge < -0.3 is 9.80 Å². The van der Waals surface area contributed by atoms with Gasteiger partial charge in [0.05, 0.1) is 0 Å². The summed E-state index contributed by atoms with van der Waals surface area (Å²) in [4.78, 5) is 4.64. The first kappa shape index (κ1) is 28.6. The Kier molecular flexibility index (Phi) is 7.39. The van der Waals surface area contributed by atoms with Crippen molar-refractivity contribution in [2.75, 3.05) is 9.80 Å². The molecule has 0 heterocycles. The first-order valence-electron chi connectivity index (χ1n) is 16.3. The van der Waals surface area contributed by atoms with E-state index in [1.54, 1.807) is 0 Å². The SMILES string of the molecule is Cc1ccc2c(c1)C(c1ccc(N(c3ccccc3)c3ccc(N(c4ccccc4)c4ccccc4)cc3)cc1)c1cc(C)ccc1-2. The summed E-state index contributed by atoms with van der Waals surface area (Å²) < 4.78 is 0. The van der Waals surface area contributed by atoms with Crippen molar-refractivity contribution in [1.82, 2.24) is 0 Å². The third-order valence-electron chi connectivity index (χ3n) is 9.22. The highest BCUT2D eigenvalue weighted by atomic mass is 15.2. The van der Waals surface area contributed by atoms with Gasteiger partial charge in [-0.1, -0.05) is 114 Å². The summed E-state index contributed by atoms with van der Waals surface area (Å²) in [6, 6.07) is 63.6. The minimum Gasteiger partial charge on any atom is -0.311 e. The first-order chi connectivity index (χ1) is 23.1. The number of para-hydroxylation sites is 3. The highest BCUT2D eigenvalue weighted by Crippen LogP contribution is 2.49. The molecule has 7 aromatic rings. The molecule has 0 amide bonds. The summed E-state index contributed by atoms with van der Waals surface area (Å²) in [5.41, 5.74) is 16.1. The molecule has 2 nitrogen and oxygen atoms in total. The van der Waals surface area contributed by atoms with Crippen LogP contribution in [0.4, 0.5) is 34.1 Å². The Morgan fingerprint density at radius 1 is 0.340 bits per heavy atom. The van der Waals surface area contributed by atoms with Crippen LogP contribution in [0.5, 0.6) is 0 Å². The van der Waals surface area contributed by atoms with Gasteiger partial charge in [0, 0.05) is 40.0 Å². The van der Waals surface area contributed by atoms with Crippen LogP contribution in [0.25, 0.3) is 11.1 Å². The molecule has 0 radical (unpaired) electrons. The Morgan fingerprint density at radius 2 is 0.660 bits per heavy atom. The summed E-state index contributed by atoms with van der Waals surface area (Å²) in [5, 5.41) is 0. The number of anilines is 6. The standard InChI is InChI=1S/C45H36N2/c1-32-18-28-41-42-29-19-33(2)31-44(42)45(43(41)30-32)34-20-22-38(23-21-34)47(37-16-10-5-11-17-37)40-26-24-39(25-27-40)46(35-12-6-3-7-13-35)36-14-8-4-9-15-36/h3-31,45H,1-2H3. The molecule has 0 bridgehead atoms. The molecular weight excluding hydrogens is 569 g/mol. The molecule has 8 rings (SSSR count). The lowest BCUT2D eigenvalue weighted by atomic mass is 9.88. The normalized spacial score (nSPS) is 12.0. The maximum atomic E-state index is 2.37. The van der Waals surface area contributed by atoms with Crippen LogP contribution in [0.15, 0.2) is 176 Å². The molecule has 1 aliphatic rings. The number of nitrogens with zero attached hydrogens (tertiary/aromatic N) is 2. The molecule has 226 valence electrons. The van der Waals surface area contributed by atoms with Crippen molar-refractivity contribution < 1.29 is 0 Å². The number of aryl methyl sites for hydroxylation is 2. The summed E-state index contributed by atoms with van der Waals surface area (Å²) in [6.45, 7) is 4.38. The molecule has 0 saturated heterocycles. The van der Waals surface area contributed by atoms with Gasteiger partial charge in [0.2, 0.25) is 0 Å². The zero-order chi connectivity index (χ0) is 31.7. The van der Waals surface area contributed by atoms with E-state index in [-0.39, 0.29) is 5.92 Å². The zero-order valence-electron chi connectivity index (χ0n) is 26.7. The number of hydrogen-bond acceptors (Lipinski definition) is 2. The molecule has 0 spiro atoms. The van der Waals surface area contributed by atoms with Gasteiger partial charge in [-0.05, 0) is 114 Å². The monoisotopic (exact) mass is 604 g/mol. The van der Waals surface area contributed by atoms with Gasteiger partial charge in [0.15, 0.2) is 0 Å². The quantitative estimate of drug-likeness (QED) is 0.179. The third kappa shape index (κ3) is 5.38. The fraction of sp³-hybridized carbons (Fsp3) is 0.0667. The molecule has 0 aromatic heterocycles. The van der Waals surface area contributed by atoms with E-state index in [1.807, 2.05) is 0 Å². The lowest BCUT2D eigenvalue weighted by molar-refractivity contribution is 1.01. The molecule has 0 fully saturated rings. The molecule has 7 aromatic carbocycles. The van der Waals surface area contributed by atoms with Crippen molar-refractivity contribution in [3.8, 4) is 11.1 Å². The first-order valence-corrected chi connectivity index (χ1v) is 16.3. The molecule has 1 aliphatic carbocycles. The second kappa shape index (κ2) is 12.2. The van der Waals surface area contributed by atoms with Crippen molar-refractivity contribution in [2.45, 2.75) is 19.8 Å². The minimum atomic E-state index is 0.222. The Labute approximate surface area is 277 Å². The molecule has 0 unspecified atom stereocenters. The van der Waals surface area contributed by atoms with Gasteiger partial charge in [-0.2, -0.15) is 0 Å². The molecule has 2 heteroatoms. The molecule has 0 saturated carbocycles. The maximum absolute atomic E-state index is 2.37. The lowest BCUT2D eigenvalue weighted by Crippen LogP contribution is -2.12. The van der Waals surface area contributed by atoms with Crippen molar-refractivity contribution >= 4 is 34.1 Å². The fourth-order valence-corrected chi connectivity index (χ4v) is 7.05. The van der Waals surface area contributed by atoms with Crippen molar-refractivity contribution in [3.63, 3.8) is 0 Å². The number of hydrogen-bond donors (Lipinski definition) is 0. The van der Waals surface area contributed by atoms with Crippen molar-refractivity contribution in [2.24, 2.45) is 0 Å². The Bertz CT molecular complexity index is 2040. The summed E-state index contributed by atoms with van der Waals surface area (Å²) in [5.74, 6) is 0.222. The molecular formula is C45H36N2. The van der Waals surface area contributed by atoms with Crippen LogP contribution < -0.4 is 9.80 Å². The molecule has 0 N–H and O–H groups in total. The Balaban J connectivity index is 1.18. The van der Waals surface area contributed by atoms with Crippen LogP contribution >= 0.6 is 0 Å². The van der Waals surface area contributed by atoms with Gasteiger partial charge in [-0.3, -0.25) is 0 Å². The Hall–Kier alpha value is -5.86. The molecule has 0 atom stereocenters. The van der Waals surface area contributed by atoms with Gasteiger partial charge in [-0.15, -0.1) is 0 Å². The molecule has 47 heavy (non-hydrogen) atoms. The van der Waals surface area contributed by atoms with Crippen molar-refractivity contribution in [3.05, 3.63) is 204 Å². The fourth-order valence-electron chi connectivity index (χ4n) is 7.05. The Morgan fingerprint density at radius 3 is 1.02 bits per heavy atom. The maximum Gasteiger partial charge on any atom is 0.0463 e. The smallest absolute Gasteiger partial charge is 0.0463 e. The van der Waals surface area contributed by atoms with Gasteiger partial charge in [-0.25, -0.2) is 0 Å². The van der Waals surface area contributed by atoms with E-state index in [0.29, 0.717) is 0 Å². The number of rotatable bonds is 7. The van der Waals surface area contributed by atoms with E-state index < -0.39 is 0 Å². The summed E-state index contributed by atoms with van der Waals surface area (Å²) >= 11 is 0. The van der Waals surface area contributed by atoms with E-state index in [1.165, 1.54) is 38.9 Å². The van der Waals surface area contributed by atoms with Crippen LogP contribution in [0.2, 0.25) is 0 Å². The highest BCUT2D eigenvalue weighted by Gasteiger charge is 2.30. The predicted molar refractivity (Wildman–Crippen MR) is 198 cm³/mol. The van der Waals surface area contributed by atoms with E-state index in [2.05, 4.69) is 200 Å². The topological polar surface area (TPSA) is 6.48 Å². The molecule has 0 aliphatic heterocycles. The van der Waals surface area contributed by atoms with Gasteiger partial charge in [0.1, 0.15) is 0 Å². The second-order valence-electron chi connectivity index (χ2n) is 12.4. The van der Waals surface area contributed by atoms with Crippen LogP contribution in [-0.2, 0) is 0 Å². The average Bonchev–Trinajstić information content (AvgIpc) is 3.43. The van der Waals surface area contributed by atoms with E-state index in [0.717, 1.165) is 34.1 Å². The van der Waals surface area contributed by atoms with Crippen LogP contribution in [0.1, 0.15) is 33.7 Å². The van der Waals surface area contributed by atoms with Gasteiger partial charge >= 0.3 is 0 Å². The summed E-state index contributed by atoms with van der Waals surface area (Å²) in [6.07, 6.45) is 0. The van der Waals surface area contributed by atoms with E-state index >= 15 is 0 Å². The highest BCUT2D eigenvalue weighted by molar-refractivity contribution is 5.83. The van der Waals surface area contributed by atoms with Crippen LogP contribution in [0, 0.1) is 13.8 Å². The number of fused-ring (bicyclic) bond motifs is 3. The van der Waals surface area contributed by atoms with Crippen molar-refractivity contribution in [1.29, 1.82) is 0 Å². The van der Waals surface area contributed by atoms with E-state index in [4.69, 9.17) is 0 Å². The predicted octanol–water partition coefficient (Wildman–Crippen LogP) is 12.4. The second-order valence-corrected chi connectivity index (χ2v) is 12.4. The average molecular weight is 605 g/mol. The van der Waals surface area contributed by atoms with Gasteiger partial charge in [0.25, 0.3) is 0 Å². The van der Waals surface area contributed by atoms with Crippen LogP contribution in [0.3, 0.4) is 0 Å². The van der Waals surface area contributed by atoms with E-state index in [9.17, 15) is 0 Å². The minimum absolute atomic E-state index is 0.222.